The summed E-state index contributed by atoms with van der Waals surface area (Å²) in [6.07, 6.45) is 9.39. The molecule has 4 rings (SSSR count). The highest BCUT2D eigenvalue weighted by molar-refractivity contribution is 6.99. The van der Waals surface area contributed by atoms with Crippen LogP contribution < -0.4 is 10.4 Å². The van der Waals surface area contributed by atoms with Crippen LogP contribution in [-0.2, 0) is 18.7 Å². The fourth-order valence-corrected chi connectivity index (χ4v) is 11.0. The van der Waals surface area contributed by atoms with Crippen LogP contribution in [0, 0.1) is 11.8 Å². The molecule has 0 amide bonds. The summed E-state index contributed by atoms with van der Waals surface area (Å²) < 4.78 is 19.2. The van der Waals surface area contributed by atoms with Crippen LogP contribution in [-0.4, -0.2) is 38.7 Å². The van der Waals surface area contributed by atoms with Crippen LogP contribution in [0.15, 0.2) is 72.8 Å². The molecule has 0 radical (unpaired) electrons. The minimum absolute atomic E-state index is 0.0136. The number of rotatable bonds is 10. The maximum Gasteiger partial charge on any atom is 0.261 e. The maximum absolute atomic E-state index is 11.8. The van der Waals surface area contributed by atoms with Crippen LogP contribution in [0.4, 0.5) is 0 Å². The molecule has 5 heteroatoms. The highest BCUT2D eigenvalue weighted by Gasteiger charge is 2.53. The summed E-state index contributed by atoms with van der Waals surface area (Å²) in [5, 5.41) is 2.62. The van der Waals surface area contributed by atoms with E-state index in [1.54, 1.807) is 0 Å². The third-order valence-electron chi connectivity index (χ3n) is 7.92. The monoisotopic (exact) mass is 520 g/mol. The van der Waals surface area contributed by atoms with Gasteiger partial charge >= 0.3 is 0 Å². The summed E-state index contributed by atoms with van der Waals surface area (Å²) in [7, 11) is -2.53. The lowest BCUT2D eigenvalue weighted by molar-refractivity contribution is -0.159. The molecule has 1 aliphatic carbocycles. The molecule has 37 heavy (non-hydrogen) atoms. The Kier molecular flexibility index (Phi) is 8.59. The average Bonchev–Trinajstić information content (AvgIpc) is 3.33. The van der Waals surface area contributed by atoms with Gasteiger partial charge in [-0.15, -0.1) is 0 Å². The summed E-state index contributed by atoms with van der Waals surface area (Å²) in [6.45, 7) is 13.0. The van der Waals surface area contributed by atoms with E-state index in [4.69, 9.17) is 13.9 Å². The average molecular weight is 521 g/mol. The van der Waals surface area contributed by atoms with E-state index >= 15 is 0 Å². The first-order valence-corrected chi connectivity index (χ1v) is 15.7. The van der Waals surface area contributed by atoms with Gasteiger partial charge in [0.15, 0.2) is 5.79 Å². The molecule has 1 saturated carbocycles. The van der Waals surface area contributed by atoms with Gasteiger partial charge in [-0.25, -0.2) is 0 Å². The van der Waals surface area contributed by atoms with E-state index in [0.29, 0.717) is 0 Å². The van der Waals surface area contributed by atoms with Crippen molar-refractivity contribution in [3.8, 4) is 0 Å². The first-order chi connectivity index (χ1) is 17.6. The molecule has 0 bridgehead atoms. The standard InChI is InChI=1S/C32H44O4Si/c1-24(16-10-7-11-17-25-22-29-30(28(25)23-33)35-32(5,6)34-29)36-37(31(2,3)4,26-18-12-8-13-19-26)27-20-14-9-15-21-27/h8-9,11-15,17-21,23-25,28-30H,7,10,16,22H2,1-6H3/b17-11+/t24-,25-,28-,29-,30+/m0/s1. The molecular formula is C32H44O4Si. The number of carbonyl (C=O) groups excluding carboxylic acids is 1. The van der Waals surface area contributed by atoms with Crippen molar-refractivity contribution in [1.29, 1.82) is 0 Å². The Labute approximate surface area is 224 Å². The van der Waals surface area contributed by atoms with E-state index in [1.165, 1.54) is 10.4 Å². The number of fused-ring (bicyclic) bond motifs is 1. The van der Waals surface area contributed by atoms with Gasteiger partial charge in [-0.1, -0.05) is 93.6 Å². The first-order valence-electron chi connectivity index (χ1n) is 13.8. The number of hydrogen-bond acceptors (Lipinski definition) is 4. The smallest absolute Gasteiger partial charge is 0.261 e. The molecular weight excluding hydrogens is 476 g/mol. The molecule has 1 aliphatic heterocycles. The zero-order valence-electron chi connectivity index (χ0n) is 23.4. The Bertz CT molecular complexity index is 1000. The van der Waals surface area contributed by atoms with Gasteiger partial charge in [0.05, 0.1) is 12.2 Å². The maximum atomic E-state index is 11.8. The number of carbonyl (C=O) groups is 1. The van der Waals surface area contributed by atoms with Gasteiger partial charge in [0, 0.05) is 12.0 Å². The number of ether oxygens (including phenoxy) is 2. The third-order valence-corrected chi connectivity index (χ3v) is 13.1. The minimum Gasteiger partial charge on any atom is -0.405 e. The highest BCUT2D eigenvalue weighted by Crippen LogP contribution is 2.44. The summed E-state index contributed by atoms with van der Waals surface area (Å²) in [6, 6.07) is 21.7. The van der Waals surface area contributed by atoms with E-state index in [1.807, 2.05) is 13.8 Å². The predicted molar refractivity (Wildman–Crippen MR) is 153 cm³/mol. The highest BCUT2D eigenvalue weighted by atomic mass is 28.4. The van der Waals surface area contributed by atoms with E-state index in [9.17, 15) is 4.79 Å². The molecule has 4 nitrogen and oxygen atoms in total. The van der Waals surface area contributed by atoms with Gasteiger partial charge in [-0.2, -0.15) is 0 Å². The van der Waals surface area contributed by atoms with Crippen molar-refractivity contribution in [1.82, 2.24) is 0 Å². The van der Waals surface area contributed by atoms with E-state index in [2.05, 4.69) is 101 Å². The Balaban J connectivity index is 1.39. The Hall–Kier alpha value is -2.05. The Morgan fingerprint density at radius 2 is 1.62 bits per heavy atom. The number of hydrogen-bond donors (Lipinski definition) is 0. The van der Waals surface area contributed by atoms with Gasteiger partial charge < -0.3 is 18.7 Å². The van der Waals surface area contributed by atoms with Crippen LogP contribution in [0.5, 0.6) is 0 Å². The normalized spacial score (nSPS) is 26.3. The number of allylic oxidation sites excluding steroid dienone is 2. The van der Waals surface area contributed by atoms with Crippen LogP contribution in [0.2, 0.25) is 5.04 Å². The molecule has 2 fully saturated rings. The van der Waals surface area contributed by atoms with Crippen LogP contribution >= 0.6 is 0 Å². The Morgan fingerprint density at radius 1 is 1.03 bits per heavy atom. The molecule has 2 aromatic rings. The number of unbranched alkanes of at least 4 members (excludes halogenated alkanes) is 1. The molecule has 200 valence electrons. The van der Waals surface area contributed by atoms with E-state index in [-0.39, 0.29) is 35.2 Å². The summed E-state index contributed by atoms with van der Waals surface area (Å²) in [4.78, 5) is 11.8. The second-order valence-corrected chi connectivity index (χ2v) is 16.5. The van der Waals surface area contributed by atoms with Crippen molar-refractivity contribution in [2.75, 3.05) is 0 Å². The fraction of sp³-hybridized carbons (Fsp3) is 0.531. The molecule has 1 heterocycles. The molecule has 0 aromatic heterocycles. The minimum atomic E-state index is -2.53. The van der Waals surface area contributed by atoms with Crippen molar-refractivity contribution in [3.63, 3.8) is 0 Å². The molecule has 2 aromatic carbocycles. The second kappa shape index (κ2) is 11.4. The quantitative estimate of drug-likeness (QED) is 0.166. The molecule has 0 spiro atoms. The fourth-order valence-electron chi connectivity index (χ4n) is 6.27. The van der Waals surface area contributed by atoms with Crippen LogP contribution in [0.25, 0.3) is 0 Å². The van der Waals surface area contributed by atoms with Crippen molar-refractivity contribution in [2.24, 2.45) is 11.8 Å². The Morgan fingerprint density at radius 3 is 2.16 bits per heavy atom. The lowest BCUT2D eigenvalue weighted by Gasteiger charge is -2.44. The third kappa shape index (κ3) is 6.01. The van der Waals surface area contributed by atoms with Crippen LogP contribution in [0.1, 0.15) is 67.2 Å². The van der Waals surface area contributed by atoms with Crippen molar-refractivity contribution in [3.05, 3.63) is 72.8 Å². The largest absolute Gasteiger partial charge is 0.405 e. The van der Waals surface area contributed by atoms with E-state index in [0.717, 1.165) is 32.0 Å². The lowest BCUT2D eigenvalue weighted by atomic mass is 9.95. The van der Waals surface area contributed by atoms with Gasteiger partial charge in [-0.3, -0.25) is 0 Å². The molecule has 1 saturated heterocycles. The SMILES string of the molecule is C[C@@H](CCC/C=C/[C@H]1C[C@@H]2OC(C)(C)O[C@@H]2[C@H]1C=O)O[Si](c1ccccc1)(c1ccccc1)C(C)(C)C. The first kappa shape index (κ1) is 28.0. The topological polar surface area (TPSA) is 44.8 Å². The molecule has 0 unspecified atom stereocenters. The van der Waals surface area contributed by atoms with Crippen molar-refractivity contribution >= 4 is 25.0 Å². The van der Waals surface area contributed by atoms with Gasteiger partial charge in [0.25, 0.3) is 8.32 Å². The van der Waals surface area contributed by atoms with Crippen LogP contribution in [0.3, 0.4) is 0 Å². The summed E-state index contributed by atoms with van der Waals surface area (Å²) in [5.41, 5.74) is 0. The second-order valence-electron chi connectivity index (χ2n) is 12.2. The molecule has 0 N–H and O–H groups in total. The number of benzene rings is 2. The van der Waals surface area contributed by atoms with E-state index < -0.39 is 14.1 Å². The summed E-state index contributed by atoms with van der Waals surface area (Å²) in [5.74, 6) is -0.526. The zero-order valence-corrected chi connectivity index (χ0v) is 24.4. The molecule has 5 atom stereocenters. The summed E-state index contributed by atoms with van der Waals surface area (Å²) >= 11 is 0. The van der Waals surface area contributed by atoms with Gasteiger partial charge in [-0.05, 0) is 67.8 Å². The zero-order chi connectivity index (χ0) is 26.7. The van der Waals surface area contributed by atoms with Gasteiger partial charge in [0.2, 0.25) is 0 Å². The lowest BCUT2D eigenvalue weighted by Crippen LogP contribution is -2.67. The molecule has 2 aliphatic rings. The van der Waals surface area contributed by atoms with Crippen molar-refractivity contribution < 1.29 is 18.7 Å². The van der Waals surface area contributed by atoms with Crippen molar-refractivity contribution in [2.45, 2.75) is 96.4 Å². The number of aldehydes is 1. The predicted octanol–water partition coefficient (Wildman–Crippen LogP) is 6.03. The van der Waals surface area contributed by atoms with Gasteiger partial charge in [0.1, 0.15) is 6.29 Å².